The summed E-state index contributed by atoms with van der Waals surface area (Å²) in [5.74, 6) is 0. The van der Waals surface area contributed by atoms with Crippen molar-refractivity contribution in [1.82, 2.24) is 4.31 Å². The van der Waals surface area contributed by atoms with E-state index in [1.165, 1.54) is 10.4 Å². The molecule has 19 heavy (non-hydrogen) atoms. The van der Waals surface area contributed by atoms with Crippen molar-refractivity contribution >= 4 is 10.0 Å². The molecule has 5 nitrogen and oxygen atoms in total. The molecule has 2 N–H and O–H groups in total. The molecule has 1 aliphatic heterocycles. The van der Waals surface area contributed by atoms with E-state index in [9.17, 15) is 8.42 Å². The SMILES string of the molecule is Cc1ccc(C#N)cc1S(=O)(=O)N1CCCCC1N. The van der Waals surface area contributed by atoms with Crippen LogP contribution < -0.4 is 5.73 Å². The fraction of sp³-hybridized carbons (Fsp3) is 0.462. The topological polar surface area (TPSA) is 87.2 Å². The predicted molar refractivity (Wildman–Crippen MR) is 71.6 cm³/mol. The Balaban J connectivity index is 2.47. The molecule has 1 saturated heterocycles. The number of nitriles is 1. The summed E-state index contributed by atoms with van der Waals surface area (Å²) in [6.07, 6.45) is 1.98. The predicted octanol–water partition coefficient (Wildman–Crippen LogP) is 1.33. The molecule has 1 heterocycles. The Kier molecular flexibility index (Phi) is 3.90. The van der Waals surface area contributed by atoms with Gasteiger partial charge in [0.1, 0.15) is 0 Å². The summed E-state index contributed by atoms with van der Waals surface area (Å²) in [7, 11) is -3.62. The molecule has 0 bridgehead atoms. The van der Waals surface area contributed by atoms with E-state index < -0.39 is 16.2 Å². The average molecular weight is 279 g/mol. The third-order valence-corrected chi connectivity index (χ3v) is 5.47. The largest absolute Gasteiger partial charge is 0.315 e. The number of hydrogen-bond acceptors (Lipinski definition) is 4. The van der Waals surface area contributed by atoms with Gasteiger partial charge in [0.2, 0.25) is 10.0 Å². The number of rotatable bonds is 2. The van der Waals surface area contributed by atoms with Crippen molar-refractivity contribution in [2.24, 2.45) is 5.73 Å². The van der Waals surface area contributed by atoms with Gasteiger partial charge < -0.3 is 5.73 Å². The van der Waals surface area contributed by atoms with Crippen LogP contribution in [0.5, 0.6) is 0 Å². The fourth-order valence-corrected chi connectivity index (χ4v) is 4.14. The summed E-state index contributed by atoms with van der Waals surface area (Å²) in [6.45, 7) is 2.17. The second kappa shape index (κ2) is 5.29. The second-order valence-electron chi connectivity index (χ2n) is 4.77. The van der Waals surface area contributed by atoms with Crippen LogP contribution in [0.4, 0.5) is 0 Å². The van der Waals surface area contributed by atoms with E-state index in [1.807, 2.05) is 6.07 Å². The van der Waals surface area contributed by atoms with E-state index in [0.717, 1.165) is 12.8 Å². The van der Waals surface area contributed by atoms with Gasteiger partial charge in [-0.05, 0) is 43.9 Å². The lowest BCUT2D eigenvalue weighted by atomic mass is 10.1. The first kappa shape index (κ1) is 14.0. The van der Waals surface area contributed by atoms with Gasteiger partial charge in [0.15, 0.2) is 0 Å². The number of piperidine rings is 1. The van der Waals surface area contributed by atoms with Crippen molar-refractivity contribution in [3.63, 3.8) is 0 Å². The molecular formula is C13H17N3O2S. The van der Waals surface area contributed by atoms with Crippen molar-refractivity contribution < 1.29 is 8.42 Å². The van der Waals surface area contributed by atoms with Gasteiger partial charge in [0.05, 0.1) is 22.7 Å². The zero-order valence-electron chi connectivity index (χ0n) is 10.8. The quantitative estimate of drug-likeness (QED) is 0.884. The lowest BCUT2D eigenvalue weighted by Gasteiger charge is -2.32. The molecule has 0 radical (unpaired) electrons. The van der Waals surface area contributed by atoms with E-state index >= 15 is 0 Å². The van der Waals surface area contributed by atoms with Crippen LogP contribution >= 0.6 is 0 Å². The van der Waals surface area contributed by atoms with Gasteiger partial charge in [0.25, 0.3) is 0 Å². The summed E-state index contributed by atoms with van der Waals surface area (Å²) in [5, 5.41) is 8.90. The van der Waals surface area contributed by atoms with Gasteiger partial charge >= 0.3 is 0 Å². The third kappa shape index (κ3) is 2.63. The summed E-state index contributed by atoms with van der Waals surface area (Å²) < 4.78 is 26.6. The number of nitrogens with two attached hydrogens (primary N) is 1. The van der Waals surface area contributed by atoms with Gasteiger partial charge in [-0.15, -0.1) is 0 Å². The number of aryl methyl sites for hydroxylation is 1. The molecule has 1 aliphatic rings. The number of hydrogen-bond donors (Lipinski definition) is 1. The van der Waals surface area contributed by atoms with E-state index in [4.69, 9.17) is 11.0 Å². The minimum Gasteiger partial charge on any atom is -0.315 e. The number of nitrogens with zero attached hydrogens (tertiary/aromatic N) is 2. The zero-order valence-corrected chi connectivity index (χ0v) is 11.7. The fourth-order valence-electron chi connectivity index (χ4n) is 2.30. The van der Waals surface area contributed by atoms with Crippen molar-refractivity contribution in [3.8, 4) is 6.07 Å². The highest BCUT2D eigenvalue weighted by molar-refractivity contribution is 7.89. The molecular weight excluding hydrogens is 262 g/mol. The molecule has 1 unspecified atom stereocenters. The molecule has 0 aromatic heterocycles. The van der Waals surface area contributed by atoms with Crippen molar-refractivity contribution in [3.05, 3.63) is 29.3 Å². The number of benzene rings is 1. The molecule has 1 fully saturated rings. The first-order valence-electron chi connectivity index (χ1n) is 6.25. The Hall–Kier alpha value is -1.42. The first-order chi connectivity index (χ1) is 8.96. The molecule has 1 aromatic carbocycles. The molecule has 1 aromatic rings. The third-order valence-electron chi connectivity index (χ3n) is 3.40. The zero-order chi connectivity index (χ0) is 14.0. The average Bonchev–Trinajstić information content (AvgIpc) is 2.39. The summed E-state index contributed by atoms with van der Waals surface area (Å²) >= 11 is 0. The van der Waals surface area contributed by atoms with Gasteiger partial charge in [-0.2, -0.15) is 9.57 Å². The number of sulfonamides is 1. The van der Waals surface area contributed by atoms with Crippen LogP contribution in [-0.4, -0.2) is 25.4 Å². The van der Waals surface area contributed by atoms with Crippen molar-refractivity contribution in [2.75, 3.05) is 6.54 Å². The monoisotopic (exact) mass is 279 g/mol. The van der Waals surface area contributed by atoms with Crippen molar-refractivity contribution in [2.45, 2.75) is 37.2 Å². The Morgan fingerprint density at radius 2 is 2.16 bits per heavy atom. The standard InChI is InChI=1S/C13H17N3O2S/c1-10-5-6-11(9-14)8-12(10)19(17,18)16-7-3-2-4-13(16)15/h5-6,8,13H,2-4,7,15H2,1H3. The normalized spacial score (nSPS) is 21.0. The summed E-state index contributed by atoms with van der Waals surface area (Å²) in [4.78, 5) is 0.184. The van der Waals surface area contributed by atoms with Crippen LogP contribution in [0.2, 0.25) is 0 Å². The smallest absolute Gasteiger partial charge is 0.244 e. The van der Waals surface area contributed by atoms with Gasteiger partial charge in [0, 0.05) is 6.54 Å². The maximum absolute atomic E-state index is 12.6. The Morgan fingerprint density at radius 3 is 2.79 bits per heavy atom. The van der Waals surface area contributed by atoms with Crippen LogP contribution in [0.25, 0.3) is 0 Å². The Morgan fingerprint density at radius 1 is 1.42 bits per heavy atom. The van der Waals surface area contributed by atoms with Crippen LogP contribution in [0, 0.1) is 18.3 Å². The molecule has 0 aliphatic carbocycles. The van der Waals surface area contributed by atoms with Gasteiger partial charge in [-0.25, -0.2) is 8.42 Å². The molecule has 0 spiro atoms. The van der Waals surface area contributed by atoms with E-state index in [-0.39, 0.29) is 4.90 Å². The lowest BCUT2D eigenvalue weighted by molar-refractivity contribution is 0.258. The van der Waals surface area contributed by atoms with Crippen LogP contribution in [0.15, 0.2) is 23.1 Å². The molecule has 102 valence electrons. The maximum atomic E-state index is 12.6. The first-order valence-corrected chi connectivity index (χ1v) is 7.69. The Labute approximate surface area is 113 Å². The molecule has 0 amide bonds. The van der Waals surface area contributed by atoms with Gasteiger partial charge in [-0.1, -0.05) is 6.07 Å². The van der Waals surface area contributed by atoms with Crippen LogP contribution in [-0.2, 0) is 10.0 Å². The molecule has 0 saturated carbocycles. The maximum Gasteiger partial charge on any atom is 0.244 e. The summed E-state index contributed by atoms with van der Waals surface area (Å²) in [6, 6.07) is 6.66. The highest BCUT2D eigenvalue weighted by Gasteiger charge is 2.32. The van der Waals surface area contributed by atoms with E-state index in [2.05, 4.69) is 0 Å². The van der Waals surface area contributed by atoms with Gasteiger partial charge in [-0.3, -0.25) is 0 Å². The molecule has 6 heteroatoms. The molecule has 1 atom stereocenters. The highest BCUT2D eigenvalue weighted by Crippen LogP contribution is 2.25. The minimum atomic E-state index is -3.62. The van der Waals surface area contributed by atoms with Crippen molar-refractivity contribution in [1.29, 1.82) is 5.26 Å². The lowest BCUT2D eigenvalue weighted by Crippen LogP contribution is -2.48. The highest BCUT2D eigenvalue weighted by atomic mass is 32.2. The minimum absolute atomic E-state index is 0.184. The van der Waals surface area contributed by atoms with Crippen LogP contribution in [0.3, 0.4) is 0 Å². The summed E-state index contributed by atoms with van der Waals surface area (Å²) in [5.41, 5.74) is 6.88. The Bertz CT molecular complexity index is 619. The van der Waals surface area contributed by atoms with E-state index in [0.29, 0.717) is 24.1 Å². The van der Waals surface area contributed by atoms with Crippen LogP contribution in [0.1, 0.15) is 30.4 Å². The van der Waals surface area contributed by atoms with E-state index in [1.54, 1.807) is 19.1 Å². The second-order valence-corrected chi connectivity index (χ2v) is 6.63. The molecule has 2 rings (SSSR count).